The molecular weight excluding hydrogens is 332 g/mol. The molecule has 1 amide bonds. The van der Waals surface area contributed by atoms with Crippen LogP contribution in [0.15, 0.2) is 35.3 Å². The van der Waals surface area contributed by atoms with E-state index in [-0.39, 0.29) is 28.7 Å². The summed E-state index contributed by atoms with van der Waals surface area (Å²) in [7, 11) is -3.01. The number of hydrogen-bond acceptors (Lipinski definition) is 4. The number of anilines is 1. The quantitative estimate of drug-likeness (QED) is 0.833. The second-order valence-corrected chi connectivity index (χ2v) is 9.26. The summed E-state index contributed by atoms with van der Waals surface area (Å²) in [4.78, 5) is 18.2. The van der Waals surface area contributed by atoms with Crippen LogP contribution in [0.3, 0.4) is 0 Å². The van der Waals surface area contributed by atoms with Crippen LogP contribution in [0.1, 0.15) is 26.2 Å². The SMILES string of the molecule is CCCCC(=O)N=C1S[C@H]2CS(=O)(=O)C[C@H]2N1c1ccccc1. The van der Waals surface area contributed by atoms with Crippen LogP contribution in [0.4, 0.5) is 5.69 Å². The van der Waals surface area contributed by atoms with E-state index in [1.54, 1.807) is 0 Å². The lowest BCUT2D eigenvalue weighted by molar-refractivity contribution is -0.117. The van der Waals surface area contributed by atoms with Gasteiger partial charge in [0.05, 0.1) is 17.5 Å². The molecule has 2 heterocycles. The number of rotatable bonds is 4. The highest BCUT2D eigenvalue weighted by molar-refractivity contribution is 8.16. The number of sulfone groups is 1. The average molecular weight is 352 g/mol. The van der Waals surface area contributed by atoms with E-state index in [1.807, 2.05) is 42.2 Å². The van der Waals surface area contributed by atoms with Crippen molar-refractivity contribution in [2.24, 2.45) is 4.99 Å². The molecule has 124 valence electrons. The first-order chi connectivity index (χ1) is 11.0. The Balaban J connectivity index is 1.91. The summed E-state index contributed by atoms with van der Waals surface area (Å²) in [6, 6.07) is 9.46. The van der Waals surface area contributed by atoms with E-state index in [1.165, 1.54) is 11.8 Å². The Labute approximate surface area is 141 Å². The van der Waals surface area contributed by atoms with Crippen molar-refractivity contribution in [3.63, 3.8) is 0 Å². The van der Waals surface area contributed by atoms with Crippen molar-refractivity contribution in [2.75, 3.05) is 16.4 Å². The molecule has 0 radical (unpaired) electrons. The van der Waals surface area contributed by atoms with Gasteiger partial charge in [-0.3, -0.25) is 4.79 Å². The fourth-order valence-electron chi connectivity index (χ4n) is 2.95. The van der Waals surface area contributed by atoms with Crippen LogP contribution < -0.4 is 4.90 Å². The summed E-state index contributed by atoms with van der Waals surface area (Å²) in [5.41, 5.74) is 0.895. The predicted octanol–water partition coefficient (Wildman–Crippen LogP) is 2.48. The number of thioether (sulfide) groups is 1. The van der Waals surface area contributed by atoms with Gasteiger partial charge in [0.25, 0.3) is 0 Å². The first kappa shape index (κ1) is 16.5. The summed E-state index contributed by atoms with van der Waals surface area (Å²) in [5, 5.41) is 0.597. The highest BCUT2D eigenvalue weighted by atomic mass is 32.2. The fourth-order valence-corrected chi connectivity index (χ4v) is 6.88. The van der Waals surface area contributed by atoms with Crippen molar-refractivity contribution >= 4 is 38.4 Å². The van der Waals surface area contributed by atoms with Gasteiger partial charge >= 0.3 is 0 Å². The molecule has 0 spiro atoms. The first-order valence-electron chi connectivity index (χ1n) is 7.83. The lowest BCUT2D eigenvalue weighted by Gasteiger charge is -2.24. The predicted molar refractivity (Wildman–Crippen MR) is 94.7 cm³/mol. The molecule has 3 rings (SSSR count). The Kier molecular flexibility index (Phi) is 4.77. The Morgan fingerprint density at radius 3 is 2.74 bits per heavy atom. The third-order valence-electron chi connectivity index (χ3n) is 4.07. The van der Waals surface area contributed by atoms with Crippen LogP contribution in [0, 0.1) is 0 Å². The molecule has 0 saturated carbocycles. The van der Waals surface area contributed by atoms with Crippen LogP contribution in [0.25, 0.3) is 0 Å². The van der Waals surface area contributed by atoms with E-state index in [0.717, 1.165) is 18.5 Å². The molecule has 2 saturated heterocycles. The molecule has 2 atom stereocenters. The van der Waals surface area contributed by atoms with E-state index in [0.29, 0.717) is 11.6 Å². The minimum absolute atomic E-state index is 0.0436. The van der Waals surface area contributed by atoms with Crippen LogP contribution in [-0.4, -0.2) is 42.3 Å². The maximum absolute atomic E-state index is 12.0. The Morgan fingerprint density at radius 2 is 2.04 bits per heavy atom. The number of nitrogens with zero attached hydrogens (tertiary/aromatic N) is 2. The van der Waals surface area contributed by atoms with Crippen molar-refractivity contribution in [2.45, 2.75) is 37.5 Å². The van der Waals surface area contributed by atoms with Crippen LogP contribution in [0.5, 0.6) is 0 Å². The van der Waals surface area contributed by atoms with E-state index in [2.05, 4.69) is 4.99 Å². The lowest BCUT2D eigenvalue weighted by Crippen LogP contribution is -2.37. The van der Waals surface area contributed by atoms with Gasteiger partial charge in [0.15, 0.2) is 15.0 Å². The molecule has 2 aliphatic rings. The second-order valence-electron chi connectivity index (χ2n) is 5.90. The number of unbranched alkanes of at least 4 members (excludes halogenated alkanes) is 1. The number of aliphatic imine (C=N–C) groups is 1. The van der Waals surface area contributed by atoms with Gasteiger partial charge in [0.1, 0.15) is 0 Å². The minimum Gasteiger partial charge on any atom is -0.316 e. The van der Waals surface area contributed by atoms with Gasteiger partial charge in [-0.05, 0) is 18.6 Å². The highest BCUT2D eigenvalue weighted by Crippen LogP contribution is 2.40. The van der Waals surface area contributed by atoms with E-state index < -0.39 is 9.84 Å². The summed E-state index contributed by atoms with van der Waals surface area (Å²) >= 11 is 1.42. The third kappa shape index (κ3) is 3.61. The van der Waals surface area contributed by atoms with Gasteiger partial charge < -0.3 is 4.90 Å². The minimum atomic E-state index is -3.01. The molecule has 2 fully saturated rings. The Morgan fingerprint density at radius 1 is 1.30 bits per heavy atom. The van der Waals surface area contributed by atoms with Gasteiger partial charge in [0, 0.05) is 17.4 Å². The number of fused-ring (bicyclic) bond motifs is 1. The first-order valence-corrected chi connectivity index (χ1v) is 10.5. The van der Waals surface area contributed by atoms with Gasteiger partial charge in [0.2, 0.25) is 5.91 Å². The molecule has 0 unspecified atom stereocenters. The Hall–Kier alpha value is -1.34. The normalized spacial score (nSPS) is 27.3. The van der Waals surface area contributed by atoms with E-state index >= 15 is 0 Å². The largest absolute Gasteiger partial charge is 0.316 e. The topological polar surface area (TPSA) is 66.8 Å². The molecule has 0 bridgehead atoms. The molecule has 23 heavy (non-hydrogen) atoms. The molecule has 7 heteroatoms. The van der Waals surface area contributed by atoms with Crippen LogP contribution in [0.2, 0.25) is 0 Å². The molecular formula is C16H20N2O3S2. The van der Waals surface area contributed by atoms with Gasteiger partial charge in [-0.15, -0.1) is 0 Å². The van der Waals surface area contributed by atoms with Gasteiger partial charge in [-0.2, -0.15) is 4.99 Å². The zero-order chi connectivity index (χ0) is 16.4. The van der Waals surface area contributed by atoms with Crippen LogP contribution in [-0.2, 0) is 14.6 Å². The maximum Gasteiger partial charge on any atom is 0.248 e. The highest BCUT2D eigenvalue weighted by Gasteiger charge is 2.49. The summed E-state index contributed by atoms with van der Waals surface area (Å²) in [6.45, 7) is 2.04. The molecule has 1 aromatic carbocycles. The molecule has 0 aliphatic carbocycles. The number of carbonyl (C=O) groups is 1. The third-order valence-corrected chi connectivity index (χ3v) is 7.28. The monoisotopic (exact) mass is 352 g/mol. The standard InChI is InChI=1S/C16H20N2O3S2/c1-2-3-9-15(19)17-16-18(12-7-5-4-6-8-12)13-10-23(20,21)11-14(13)22-16/h4-8,13-14H,2-3,9-11H2,1H3/t13-,14+/m1/s1. The lowest BCUT2D eigenvalue weighted by atomic mass is 10.2. The smallest absolute Gasteiger partial charge is 0.248 e. The van der Waals surface area contributed by atoms with Crippen molar-refractivity contribution < 1.29 is 13.2 Å². The number of amidine groups is 1. The summed E-state index contributed by atoms with van der Waals surface area (Å²) in [6.07, 6.45) is 2.22. The van der Waals surface area contributed by atoms with Gasteiger partial charge in [-0.1, -0.05) is 43.3 Å². The summed E-state index contributed by atoms with van der Waals surface area (Å²) < 4.78 is 23.9. The number of hydrogen-bond donors (Lipinski definition) is 0. The Bertz CT molecular complexity index is 716. The molecule has 1 aromatic rings. The van der Waals surface area contributed by atoms with Crippen molar-refractivity contribution in [1.82, 2.24) is 0 Å². The fraction of sp³-hybridized carbons (Fsp3) is 0.500. The van der Waals surface area contributed by atoms with Crippen LogP contribution >= 0.6 is 11.8 Å². The second kappa shape index (κ2) is 6.65. The molecule has 2 aliphatic heterocycles. The molecule has 0 N–H and O–H groups in total. The maximum atomic E-state index is 12.0. The van der Waals surface area contributed by atoms with Gasteiger partial charge in [-0.25, -0.2) is 8.42 Å². The number of para-hydroxylation sites is 1. The van der Waals surface area contributed by atoms with E-state index in [4.69, 9.17) is 0 Å². The number of amides is 1. The number of carbonyl (C=O) groups excluding carboxylic acids is 1. The zero-order valence-electron chi connectivity index (χ0n) is 13.0. The zero-order valence-corrected chi connectivity index (χ0v) is 14.6. The van der Waals surface area contributed by atoms with Crippen molar-refractivity contribution in [3.05, 3.63) is 30.3 Å². The number of benzene rings is 1. The van der Waals surface area contributed by atoms with Crippen molar-refractivity contribution in [3.8, 4) is 0 Å². The average Bonchev–Trinajstić information content (AvgIpc) is 2.97. The molecule has 0 aromatic heterocycles. The van der Waals surface area contributed by atoms with Crippen molar-refractivity contribution in [1.29, 1.82) is 0 Å². The molecule has 5 nitrogen and oxygen atoms in total. The summed E-state index contributed by atoms with van der Waals surface area (Å²) in [5.74, 6) is 0.161. The van der Waals surface area contributed by atoms with E-state index in [9.17, 15) is 13.2 Å².